The van der Waals surface area contributed by atoms with Crippen LogP contribution in [0.4, 0.5) is 0 Å². The van der Waals surface area contributed by atoms with Crippen LogP contribution in [-0.2, 0) is 9.59 Å². The molecule has 2 rings (SSSR count). The van der Waals surface area contributed by atoms with Crippen LogP contribution in [0.2, 0.25) is 0 Å². The molecule has 1 amide bonds. The largest absolute Gasteiger partial charge is 0.481 e. The predicted molar refractivity (Wildman–Crippen MR) is 54.3 cm³/mol. The molecule has 0 aromatic carbocycles. The topological polar surface area (TPSA) is 57.6 Å². The fourth-order valence-electron chi connectivity index (χ4n) is 2.22. The van der Waals surface area contributed by atoms with Crippen LogP contribution >= 0.6 is 0 Å². The molecular formula is C11H15NO3. The predicted octanol–water partition coefficient (Wildman–Crippen LogP) is 1.03. The van der Waals surface area contributed by atoms with E-state index in [0.717, 1.165) is 12.8 Å². The van der Waals surface area contributed by atoms with Gasteiger partial charge in [0.15, 0.2) is 0 Å². The van der Waals surface area contributed by atoms with Crippen LogP contribution in [0.3, 0.4) is 0 Å². The number of amides is 1. The number of hydrogen-bond donors (Lipinski definition) is 1. The van der Waals surface area contributed by atoms with Gasteiger partial charge in [-0.15, -0.1) is 0 Å². The number of carboxylic acids is 1. The van der Waals surface area contributed by atoms with E-state index in [0.29, 0.717) is 13.1 Å². The Morgan fingerprint density at radius 2 is 2.40 bits per heavy atom. The molecule has 1 aliphatic carbocycles. The highest BCUT2D eigenvalue weighted by Gasteiger charge is 2.34. The van der Waals surface area contributed by atoms with Gasteiger partial charge < -0.3 is 10.0 Å². The highest BCUT2D eigenvalue weighted by atomic mass is 16.4. The molecule has 1 unspecified atom stereocenters. The first kappa shape index (κ1) is 10.2. The third-order valence-corrected chi connectivity index (χ3v) is 3.09. The molecule has 0 saturated carbocycles. The lowest BCUT2D eigenvalue weighted by molar-refractivity contribution is -0.141. The summed E-state index contributed by atoms with van der Waals surface area (Å²) in [5.74, 6) is -1.37. The molecule has 1 atom stereocenters. The molecule has 4 nitrogen and oxygen atoms in total. The Bertz CT molecular complexity index is 322. The number of aliphatic carboxylic acids is 1. The molecule has 82 valence electrons. The molecule has 1 saturated heterocycles. The summed E-state index contributed by atoms with van der Waals surface area (Å²) in [5, 5.41) is 8.82. The van der Waals surface area contributed by atoms with Crippen molar-refractivity contribution >= 4 is 11.9 Å². The van der Waals surface area contributed by atoms with E-state index in [9.17, 15) is 9.59 Å². The minimum atomic E-state index is -0.855. The Morgan fingerprint density at radius 3 is 2.93 bits per heavy atom. The fraction of sp³-hybridized carbons (Fsp3) is 0.636. The van der Waals surface area contributed by atoms with Crippen molar-refractivity contribution in [3.63, 3.8) is 0 Å². The normalized spacial score (nSPS) is 25.9. The Labute approximate surface area is 88.6 Å². The summed E-state index contributed by atoms with van der Waals surface area (Å²) in [7, 11) is 0. The van der Waals surface area contributed by atoms with Crippen molar-refractivity contribution in [1.29, 1.82) is 0 Å². The molecule has 0 aromatic heterocycles. The van der Waals surface area contributed by atoms with Crippen LogP contribution in [0.25, 0.3) is 0 Å². The van der Waals surface area contributed by atoms with Gasteiger partial charge in [-0.25, -0.2) is 0 Å². The second kappa shape index (κ2) is 4.04. The zero-order valence-corrected chi connectivity index (χ0v) is 8.61. The number of carboxylic acid groups (broad SMARTS) is 1. The van der Waals surface area contributed by atoms with Gasteiger partial charge in [-0.3, -0.25) is 9.59 Å². The third-order valence-electron chi connectivity index (χ3n) is 3.09. The van der Waals surface area contributed by atoms with Crippen molar-refractivity contribution in [3.8, 4) is 0 Å². The van der Waals surface area contributed by atoms with Crippen LogP contribution in [0.1, 0.15) is 25.7 Å². The number of carbonyl (C=O) groups is 2. The monoisotopic (exact) mass is 209 g/mol. The zero-order valence-electron chi connectivity index (χ0n) is 8.61. The van der Waals surface area contributed by atoms with E-state index in [1.165, 1.54) is 12.0 Å². The van der Waals surface area contributed by atoms with E-state index >= 15 is 0 Å². The maximum atomic E-state index is 11.5. The van der Waals surface area contributed by atoms with E-state index in [4.69, 9.17) is 5.11 Å². The first-order chi connectivity index (χ1) is 7.16. The standard InChI is InChI=1S/C11H15NO3/c13-10-5-9(11(14)15)7-12(10)6-8-3-1-2-4-8/h3,9H,1-2,4-7H2,(H,14,15). The number of hydrogen-bond acceptors (Lipinski definition) is 2. The lowest BCUT2D eigenvalue weighted by Gasteiger charge is -2.16. The highest BCUT2D eigenvalue weighted by Crippen LogP contribution is 2.23. The van der Waals surface area contributed by atoms with E-state index in [-0.39, 0.29) is 12.3 Å². The van der Waals surface area contributed by atoms with Gasteiger partial charge in [-0.05, 0) is 19.3 Å². The zero-order chi connectivity index (χ0) is 10.8. The average Bonchev–Trinajstić information content (AvgIpc) is 2.77. The number of allylic oxidation sites excluding steroid dienone is 1. The van der Waals surface area contributed by atoms with Crippen molar-refractivity contribution < 1.29 is 14.7 Å². The summed E-state index contributed by atoms with van der Waals surface area (Å²) >= 11 is 0. The number of likely N-dealkylation sites (tertiary alicyclic amines) is 1. The Balaban J connectivity index is 1.93. The Hall–Kier alpha value is -1.32. The summed E-state index contributed by atoms with van der Waals surface area (Å²) < 4.78 is 0. The van der Waals surface area contributed by atoms with Crippen LogP contribution in [0.15, 0.2) is 11.6 Å². The number of nitrogens with zero attached hydrogens (tertiary/aromatic N) is 1. The lowest BCUT2D eigenvalue weighted by atomic mass is 10.1. The van der Waals surface area contributed by atoms with Gasteiger partial charge >= 0.3 is 5.97 Å². The first-order valence-corrected chi connectivity index (χ1v) is 5.35. The SMILES string of the molecule is O=C(O)C1CC(=O)N(CC2=CCCC2)C1. The number of rotatable bonds is 3. The highest BCUT2D eigenvalue weighted by molar-refractivity contribution is 5.86. The van der Waals surface area contributed by atoms with Crippen molar-refractivity contribution in [2.75, 3.05) is 13.1 Å². The van der Waals surface area contributed by atoms with E-state index in [1.54, 1.807) is 4.90 Å². The van der Waals surface area contributed by atoms with Gasteiger partial charge in [0.2, 0.25) is 5.91 Å². The van der Waals surface area contributed by atoms with Crippen LogP contribution in [0, 0.1) is 5.92 Å². The van der Waals surface area contributed by atoms with Gasteiger partial charge in [0.25, 0.3) is 0 Å². The molecule has 0 bridgehead atoms. The quantitative estimate of drug-likeness (QED) is 0.706. The maximum absolute atomic E-state index is 11.5. The minimum absolute atomic E-state index is 0.0183. The molecule has 0 spiro atoms. The maximum Gasteiger partial charge on any atom is 0.308 e. The number of carbonyl (C=O) groups excluding carboxylic acids is 1. The van der Waals surface area contributed by atoms with Gasteiger partial charge in [-0.2, -0.15) is 0 Å². The van der Waals surface area contributed by atoms with Crippen LogP contribution in [-0.4, -0.2) is 35.0 Å². The molecule has 0 aromatic rings. The van der Waals surface area contributed by atoms with Crippen molar-refractivity contribution in [2.45, 2.75) is 25.7 Å². The fourth-order valence-corrected chi connectivity index (χ4v) is 2.22. The van der Waals surface area contributed by atoms with Gasteiger partial charge in [0.1, 0.15) is 0 Å². The molecule has 15 heavy (non-hydrogen) atoms. The summed E-state index contributed by atoms with van der Waals surface area (Å²) in [4.78, 5) is 23.9. The summed E-state index contributed by atoms with van der Waals surface area (Å²) in [6.45, 7) is 1.02. The van der Waals surface area contributed by atoms with E-state index < -0.39 is 11.9 Å². The second-order valence-electron chi connectivity index (χ2n) is 4.27. The molecule has 1 aliphatic heterocycles. The smallest absolute Gasteiger partial charge is 0.308 e. The van der Waals surface area contributed by atoms with Crippen molar-refractivity contribution in [2.24, 2.45) is 5.92 Å². The summed E-state index contributed by atoms with van der Waals surface area (Å²) in [6, 6.07) is 0. The van der Waals surface area contributed by atoms with Gasteiger partial charge in [0.05, 0.1) is 5.92 Å². The van der Waals surface area contributed by atoms with E-state index in [1.807, 2.05) is 0 Å². The van der Waals surface area contributed by atoms with E-state index in [2.05, 4.69) is 6.08 Å². The van der Waals surface area contributed by atoms with Gasteiger partial charge in [-0.1, -0.05) is 11.6 Å². The first-order valence-electron chi connectivity index (χ1n) is 5.35. The molecule has 1 fully saturated rings. The van der Waals surface area contributed by atoms with Crippen LogP contribution in [0.5, 0.6) is 0 Å². The molecule has 1 N–H and O–H groups in total. The second-order valence-corrected chi connectivity index (χ2v) is 4.27. The molecule has 2 aliphatic rings. The van der Waals surface area contributed by atoms with Crippen molar-refractivity contribution in [3.05, 3.63) is 11.6 Å². The summed E-state index contributed by atoms with van der Waals surface area (Å²) in [5.41, 5.74) is 1.29. The molecule has 1 heterocycles. The lowest BCUT2D eigenvalue weighted by Crippen LogP contribution is -2.28. The Morgan fingerprint density at radius 1 is 1.60 bits per heavy atom. The van der Waals surface area contributed by atoms with Crippen molar-refractivity contribution in [1.82, 2.24) is 4.90 Å². The molecule has 4 heteroatoms. The summed E-state index contributed by atoms with van der Waals surface area (Å²) in [6.07, 6.45) is 5.66. The molecular weight excluding hydrogens is 194 g/mol. The average molecular weight is 209 g/mol. The Kier molecular flexibility index (Phi) is 2.75. The minimum Gasteiger partial charge on any atom is -0.481 e. The van der Waals surface area contributed by atoms with Crippen LogP contribution < -0.4 is 0 Å². The third kappa shape index (κ3) is 2.19. The molecule has 0 radical (unpaired) electrons. The van der Waals surface area contributed by atoms with Gasteiger partial charge in [0, 0.05) is 19.5 Å².